The quantitative estimate of drug-likeness (QED) is 0.328. The summed E-state index contributed by atoms with van der Waals surface area (Å²) in [5.41, 5.74) is 2.07. The van der Waals surface area contributed by atoms with Gasteiger partial charge in [0.1, 0.15) is 5.75 Å². The summed E-state index contributed by atoms with van der Waals surface area (Å²) in [5.74, 6) is 0.310. The molecule has 162 valence electrons. The number of benzene rings is 2. The van der Waals surface area contributed by atoms with Crippen molar-refractivity contribution >= 4 is 5.97 Å². The second-order valence-corrected chi connectivity index (χ2v) is 6.82. The first-order valence-corrected chi connectivity index (χ1v) is 9.89. The minimum atomic E-state index is -4.35. The zero-order chi connectivity index (χ0) is 22.3. The number of aromatic nitrogens is 1. The number of halogens is 3. The van der Waals surface area contributed by atoms with E-state index < -0.39 is 11.7 Å². The summed E-state index contributed by atoms with van der Waals surface area (Å²) in [6, 6.07) is 15.5. The maximum atomic E-state index is 12.7. The molecule has 0 atom stereocenters. The van der Waals surface area contributed by atoms with Crippen molar-refractivity contribution in [3.8, 4) is 17.0 Å². The summed E-state index contributed by atoms with van der Waals surface area (Å²) in [6.45, 7) is 2.59. The molecule has 0 unspecified atom stereocenters. The average molecular weight is 429 g/mol. The molecule has 7 heteroatoms. The molecule has 0 aliphatic rings. The van der Waals surface area contributed by atoms with Crippen molar-refractivity contribution in [1.82, 2.24) is 4.98 Å². The lowest BCUT2D eigenvalue weighted by atomic mass is 10.1. The van der Waals surface area contributed by atoms with E-state index in [1.165, 1.54) is 12.1 Å². The fourth-order valence-electron chi connectivity index (χ4n) is 2.94. The predicted octanol–water partition coefficient (Wildman–Crippen LogP) is 5.96. The maximum Gasteiger partial charge on any atom is 0.416 e. The van der Waals surface area contributed by atoms with Gasteiger partial charge in [0.2, 0.25) is 0 Å². The van der Waals surface area contributed by atoms with Crippen molar-refractivity contribution in [1.29, 1.82) is 0 Å². The third kappa shape index (κ3) is 6.31. The monoisotopic (exact) mass is 429 g/mol. The number of carbonyl (C=O) groups excluding carboxylic acids is 1. The van der Waals surface area contributed by atoms with Gasteiger partial charge in [-0.3, -0.25) is 4.98 Å². The molecule has 0 fully saturated rings. The first-order chi connectivity index (χ1) is 14.9. The van der Waals surface area contributed by atoms with E-state index in [-0.39, 0.29) is 5.97 Å². The van der Waals surface area contributed by atoms with Gasteiger partial charge in [0.05, 0.1) is 30.0 Å². The third-order valence-corrected chi connectivity index (χ3v) is 4.58. The Kier molecular flexibility index (Phi) is 7.28. The molecule has 31 heavy (non-hydrogen) atoms. The van der Waals surface area contributed by atoms with E-state index in [9.17, 15) is 18.0 Å². The van der Waals surface area contributed by atoms with Crippen LogP contribution < -0.4 is 4.74 Å². The Morgan fingerprint density at radius 3 is 2.26 bits per heavy atom. The summed E-state index contributed by atoms with van der Waals surface area (Å²) >= 11 is 0. The SMILES string of the molecule is CCOC(=O)c1ccc(OCCCc2ccc(-c3ccc(C(F)(F)F)cc3)nc2)cc1. The number of nitrogens with zero attached hydrogens (tertiary/aromatic N) is 1. The van der Waals surface area contributed by atoms with Crippen molar-refractivity contribution in [2.75, 3.05) is 13.2 Å². The average Bonchev–Trinajstić information content (AvgIpc) is 2.77. The van der Waals surface area contributed by atoms with E-state index >= 15 is 0 Å². The molecule has 0 spiro atoms. The molecule has 0 saturated carbocycles. The minimum absolute atomic E-state index is 0.331. The van der Waals surface area contributed by atoms with Crippen LogP contribution in [0.2, 0.25) is 0 Å². The van der Waals surface area contributed by atoms with Crippen LogP contribution in [0, 0.1) is 0 Å². The highest BCUT2D eigenvalue weighted by atomic mass is 19.4. The van der Waals surface area contributed by atoms with Crippen molar-refractivity contribution in [3.05, 3.63) is 83.6 Å². The molecule has 2 aromatic carbocycles. The predicted molar refractivity (Wildman–Crippen MR) is 111 cm³/mol. The molecular formula is C24H22F3NO3. The fourth-order valence-corrected chi connectivity index (χ4v) is 2.94. The minimum Gasteiger partial charge on any atom is -0.494 e. The van der Waals surface area contributed by atoms with Gasteiger partial charge in [-0.2, -0.15) is 13.2 Å². The summed E-state index contributed by atoms with van der Waals surface area (Å²) in [6.07, 6.45) is -1.11. The number of carbonyl (C=O) groups is 1. The molecule has 0 aliphatic heterocycles. The van der Waals surface area contributed by atoms with Crippen LogP contribution in [0.4, 0.5) is 13.2 Å². The van der Waals surface area contributed by atoms with Crippen LogP contribution >= 0.6 is 0 Å². The Bertz CT molecular complexity index is 983. The Hall–Kier alpha value is -3.35. The van der Waals surface area contributed by atoms with Crippen molar-refractivity contribution in [3.63, 3.8) is 0 Å². The van der Waals surface area contributed by atoms with Gasteiger partial charge in [0.25, 0.3) is 0 Å². The molecule has 3 rings (SSSR count). The van der Waals surface area contributed by atoms with Crippen LogP contribution in [0.1, 0.15) is 34.8 Å². The second-order valence-electron chi connectivity index (χ2n) is 6.82. The lowest BCUT2D eigenvalue weighted by molar-refractivity contribution is -0.137. The normalized spacial score (nSPS) is 11.2. The summed E-state index contributed by atoms with van der Waals surface area (Å²) in [7, 11) is 0. The molecular weight excluding hydrogens is 407 g/mol. The number of rotatable bonds is 8. The van der Waals surface area contributed by atoms with Crippen LogP contribution in [0.15, 0.2) is 66.9 Å². The van der Waals surface area contributed by atoms with Gasteiger partial charge in [-0.25, -0.2) is 4.79 Å². The first kappa shape index (κ1) is 22.3. The smallest absolute Gasteiger partial charge is 0.416 e. The topological polar surface area (TPSA) is 48.4 Å². The van der Waals surface area contributed by atoms with Gasteiger partial charge in [0, 0.05) is 11.8 Å². The Morgan fingerprint density at radius 1 is 0.968 bits per heavy atom. The summed E-state index contributed by atoms with van der Waals surface area (Å²) in [4.78, 5) is 16.0. The lowest BCUT2D eigenvalue weighted by Crippen LogP contribution is -2.05. The zero-order valence-corrected chi connectivity index (χ0v) is 17.0. The van der Waals surface area contributed by atoms with Gasteiger partial charge in [0.15, 0.2) is 0 Å². The van der Waals surface area contributed by atoms with Gasteiger partial charge in [-0.15, -0.1) is 0 Å². The number of hydrogen-bond donors (Lipinski definition) is 0. The number of pyridine rings is 1. The number of aryl methyl sites for hydroxylation is 1. The molecule has 0 radical (unpaired) electrons. The number of esters is 1. The van der Waals surface area contributed by atoms with Gasteiger partial charge >= 0.3 is 12.1 Å². The molecule has 1 aromatic heterocycles. The van der Waals surface area contributed by atoms with Crippen molar-refractivity contribution in [2.24, 2.45) is 0 Å². The number of hydrogen-bond acceptors (Lipinski definition) is 4. The van der Waals surface area contributed by atoms with E-state index in [2.05, 4.69) is 4.98 Å². The molecule has 0 saturated heterocycles. The van der Waals surface area contributed by atoms with E-state index in [1.807, 2.05) is 6.07 Å². The highest BCUT2D eigenvalue weighted by Crippen LogP contribution is 2.30. The van der Waals surface area contributed by atoms with Crippen LogP contribution in [0.5, 0.6) is 5.75 Å². The first-order valence-electron chi connectivity index (χ1n) is 9.89. The van der Waals surface area contributed by atoms with E-state index in [1.54, 1.807) is 43.5 Å². The molecule has 0 aliphatic carbocycles. The van der Waals surface area contributed by atoms with Crippen LogP contribution in [-0.4, -0.2) is 24.2 Å². The standard InChI is InChI=1S/C24H22F3NO3/c1-2-30-23(29)19-8-12-21(13-9-19)31-15-3-4-17-5-14-22(28-16-17)18-6-10-20(11-7-18)24(25,26)27/h5-14,16H,2-4,15H2,1H3. The summed E-state index contributed by atoms with van der Waals surface area (Å²) < 4.78 is 48.6. The molecule has 0 N–H and O–H groups in total. The molecule has 0 amide bonds. The molecule has 3 aromatic rings. The second kappa shape index (κ2) is 10.1. The van der Waals surface area contributed by atoms with E-state index in [0.717, 1.165) is 30.5 Å². The lowest BCUT2D eigenvalue weighted by Gasteiger charge is -2.09. The number of ether oxygens (including phenoxy) is 2. The Morgan fingerprint density at radius 2 is 1.68 bits per heavy atom. The number of alkyl halides is 3. The Labute approximate surface area is 178 Å². The van der Waals surface area contributed by atoms with Gasteiger partial charge in [-0.1, -0.05) is 18.2 Å². The molecule has 4 nitrogen and oxygen atoms in total. The van der Waals surface area contributed by atoms with Gasteiger partial charge in [-0.05, 0) is 67.8 Å². The highest BCUT2D eigenvalue weighted by Gasteiger charge is 2.29. The summed E-state index contributed by atoms with van der Waals surface area (Å²) in [5, 5.41) is 0. The highest BCUT2D eigenvalue weighted by molar-refractivity contribution is 5.89. The zero-order valence-electron chi connectivity index (χ0n) is 17.0. The van der Waals surface area contributed by atoms with Crippen molar-refractivity contribution < 1.29 is 27.4 Å². The van der Waals surface area contributed by atoms with Crippen LogP contribution in [0.25, 0.3) is 11.3 Å². The van der Waals surface area contributed by atoms with E-state index in [4.69, 9.17) is 9.47 Å². The Balaban J connectivity index is 1.47. The van der Waals surface area contributed by atoms with Crippen molar-refractivity contribution in [2.45, 2.75) is 25.9 Å². The van der Waals surface area contributed by atoms with E-state index in [0.29, 0.717) is 35.8 Å². The largest absolute Gasteiger partial charge is 0.494 e. The van der Waals surface area contributed by atoms with Crippen LogP contribution in [0.3, 0.4) is 0 Å². The third-order valence-electron chi connectivity index (χ3n) is 4.58. The molecule has 1 heterocycles. The molecule has 0 bridgehead atoms. The van der Waals surface area contributed by atoms with Crippen LogP contribution in [-0.2, 0) is 17.3 Å². The fraction of sp³-hybridized carbons (Fsp3) is 0.250. The maximum absolute atomic E-state index is 12.7. The van der Waals surface area contributed by atoms with Gasteiger partial charge < -0.3 is 9.47 Å².